The van der Waals surface area contributed by atoms with Crippen LogP contribution in [0.3, 0.4) is 0 Å². The minimum atomic E-state index is -0.153. The number of halogens is 1. The maximum Gasteiger partial charge on any atom is 0.219 e. The molecule has 0 spiro atoms. The third-order valence-electron chi connectivity index (χ3n) is 1.80. The highest BCUT2D eigenvalue weighted by atomic mass is 79.9. The van der Waals surface area contributed by atoms with Crippen molar-refractivity contribution in [2.75, 3.05) is 13.1 Å². The van der Waals surface area contributed by atoms with Gasteiger partial charge in [0.25, 0.3) is 0 Å². The smallest absolute Gasteiger partial charge is 0.219 e. The second kappa shape index (κ2) is 3.34. The first-order valence-electron chi connectivity index (χ1n) is 3.53. The van der Waals surface area contributed by atoms with Crippen LogP contribution in [0.15, 0.2) is 0 Å². The molecule has 1 saturated heterocycles. The molecule has 1 atom stereocenters. The predicted molar refractivity (Wildman–Crippen MR) is 44.6 cm³/mol. The average Bonchev–Trinajstić information content (AvgIpc) is 1.94. The topological polar surface area (TPSA) is 37.4 Å². The molecule has 1 rings (SSSR count). The van der Waals surface area contributed by atoms with E-state index in [1.54, 1.807) is 4.90 Å². The monoisotopic (exact) mass is 219 g/mol. The molecule has 62 valence electrons. The zero-order valence-corrected chi connectivity index (χ0v) is 7.93. The van der Waals surface area contributed by atoms with E-state index in [1.807, 2.05) is 0 Å². The third kappa shape index (κ3) is 2.02. The van der Waals surface area contributed by atoms with Gasteiger partial charge in [0, 0.05) is 26.4 Å². The number of Topliss-reactive ketones (excluding diaryl/α,β-unsaturated/α-hetero) is 1. The van der Waals surface area contributed by atoms with Gasteiger partial charge in [0.05, 0.1) is 4.83 Å². The van der Waals surface area contributed by atoms with Crippen molar-refractivity contribution < 1.29 is 9.59 Å². The van der Waals surface area contributed by atoms with Crippen LogP contribution >= 0.6 is 15.9 Å². The number of nitrogens with zero attached hydrogens (tertiary/aromatic N) is 1. The maximum absolute atomic E-state index is 11.0. The number of likely N-dealkylation sites (tertiary alicyclic amines) is 1. The van der Waals surface area contributed by atoms with Gasteiger partial charge in [0.2, 0.25) is 5.91 Å². The summed E-state index contributed by atoms with van der Waals surface area (Å²) in [5.74, 6) is 0.240. The second-order valence-electron chi connectivity index (χ2n) is 2.65. The molecule has 0 aromatic carbocycles. The summed E-state index contributed by atoms with van der Waals surface area (Å²) in [7, 11) is 0. The van der Waals surface area contributed by atoms with Crippen molar-refractivity contribution in [3.63, 3.8) is 0 Å². The van der Waals surface area contributed by atoms with E-state index in [1.165, 1.54) is 6.92 Å². The van der Waals surface area contributed by atoms with E-state index in [9.17, 15) is 9.59 Å². The Morgan fingerprint density at radius 3 is 2.82 bits per heavy atom. The summed E-state index contributed by atoms with van der Waals surface area (Å²) in [6.45, 7) is 2.62. The summed E-state index contributed by atoms with van der Waals surface area (Å²) in [6, 6.07) is 0. The zero-order chi connectivity index (χ0) is 8.43. The summed E-state index contributed by atoms with van der Waals surface area (Å²) < 4.78 is 0. The lowest BCUT2D eigenvalue weighted by Gasteiger charge is -2.27. The molecule has 0 aromatic rings. The first kappa shape index (κ1) is 8.71. The van der Waals surface area contributed by atoms with Crippen LogP contribution in [0.1, 0.15) is 13.3 Å². The van der Waals surface area contributed by atoms with Crippen molar-refractivity contribution in [3.05, 3.63) is 0 Å². The van der Waals surface area contributed by atoms with Crippen molar-refractivity contribution in [2.24, 2.45) is 0 Å². The lowest BCUT2D eigenvalue weighted by Crippen LogP contribution is -2.43. The SMILES string of the molecule is CC(=O)N1CCC(=O)[C@H](Br)C1. The largest absolute Gasteiger partial charge is 0.341 e. The van der Waals surface area contributed by atoms with Gasteiger partial charge < -0.3 is 4.90 Å². The van der Waals surface area contributed by atoms with Gasteiger partial charge in [-0.1, -0.05) is 15.9 Å². The molecule has 0 bridgehead atoms. The number of carbonyl (C=O) groups excluding carboxylic acids is 2. The van der Waals surface area contributed by atoms with Gasteiger partial charge in [-0.3, -0.25) is 9.59 Å². The zero-order valence-electron chi connectivity index (χ0n) is 6.34. The van der Waals surface area contributed by atoms with Crippen molar-refractivity contribution in [2.45, 2.75) is 18.2 Å². The lowest BCUT2D eigenvalue weighted by atomic mass is 10.1. The van der Waals surface area contributed by atoms with Crippen LogP contribution in [0.2, 0.25) is 0 Å². The van der Waals surface area contributed by atoms with Gasteiger partial charge in [-0.2, -0.15) is 0 Å². The van der Waals surface area contributed by atoms with Crippen LogP contribution in [0.4, 0.5) is 0 Å². The first-order valence-corrected chi connectivity index (χ1v) is 4.45. The molecule has 1 fully saturated rings. The van der Waals surface area contributed by atoms with Gasteiger partial charge >= 0.3 is 0 Å². The Balaban J connectivity index is 2.52. The molecule has 1 heterocycles. The van der Waals surface area contributed by atoms with Crippen LogP contribution in [0, 0.1) is 0 Å². The van der Waals surface area contributed by atoms with Gasteiger partial charge in [-0.15, -0.1) is 0 Å². The molecule has 0 aliphatic carbocycles. The van der Waals surface area contributed by atoms with Crippen LogP contribution in [-0.2, 0) is 9.59 Å². The van der Waals surface area contributed by atoms with Crippen LogP contribution < -0.4 is 0 Å². The molecule has 11 heavy (non-hydrogen) atoms. The minimum Gasteiger partial charge on any atom is -0.341 e. The fraction of sp³-hybridized carbons (Fsp3) is 0.714. The van der Waals surface area contributed by atoms with Gasteiger partial charge in [0.15, 0.2) is 0 Å². The van der Waals surface area contributed by atoms with Crippen LogP contribution in [-0.4, -0.2) is 34.5 Å². The van der Waals surface area contributed by atoms with Crippen LogP contribution in [0.5, 0.6) is 0 Å². The van der Waals surface area contributed by atoms with E-state index in [2.05, 4.69) is 15.9 Å². The lowest BCUT2D eigenvalue weighted by molar-refractivity contribution is -0.132. The summed E-state index contributed by atoms with van der Waals surface area (Å²) in [5.41, 5.74) is 0. The van der Waals surface area contributed by atoms with E-state index in [-0.39, 0.29) is 16.5 Å². The number of piperidine rings is 1. The molecule has 4 heteroatoms. The van der Waals surface area contributed by atoms with Gasteiger partial charge in [-0.25, -0.2) is 0 Å². The first-order chi connectivity index (χ1) is 5.11. The number of rotatable bonds is 0. The molecule has 0 aromatic heterocycles. The standard InChI is InChI=1S/C7H10BrNO2/c1-5(10)9-3-2-7(11)6(8)4-9/h6H,2-4H2,1H3/t6-/m1/s1. The van der Waals surface area contributed by atoms with E-state index in [0.717, 1.165) is 0 Å². The van der Waals surface area contributed by atoms with Crippen molar-refractivity contribution in [3.8, 4) is 0 Å². The highest BCUT2D eigenvalue weighted by molar-refractivity contribution is 9.10. The second-order valence-corrected chi connectivity index (χ2v) is 3.75. The fourth-order valence-corrected chi connectivity index (χ4v) is 1.65. The van der Waals surface area contributed by atoms with E-state index in [4.69, 9.17) is 0 Å². The van der Waals surface area contributed by atoms with Gasteiger partial charge in [-0.05, 0) is 0 Å². The molecule has 1 aliphatic heterocycles. The van der Waals surface area contributed by atoms with E-state index in [0.29, 0.717) is 19.5 Å². The molecule has 1 amide bonds. The van der Waals surface area contributed by atoms with Crippen molar-refractivity contribution in [1.29, 1.82) is 0 Å². The molecule has 1 aliphatic rings. The molecule has 3 nitrogen and oxygen atoms in total. The van der Waals surface area contributed by atoms with Crippen LogP contribution in [0.25, 0.3) is 0 Å². The summed E-state index contributed by atoms with van der Waals surface area (Å²) in [6.07, 6.45) is 0.482. The number of carbonyl (C=O) groups is 2. The minimum absolute atomic E-state index is 0.0435. The predicted octanol–water partition coefficient (Wildman–Crippen LogP) is 0.571. The fourth-order valence-electron chi connectivity index (χ4n) is 1.07. The summed E-state index contributed by atoms with van der Waals surface area (Å²) >= 11 is 3.22. The Labute approximate surface area is 73.9 Å². The molecule has 0 N–H and O–H groups in total. The number of amides is 1. The quantitative estimate of drug-likeness (QED) is 0.559. The number of hydrogen-bond acceptors (Lipinski definition) is 2. The average molecular weight is 220 g/mol. The van der Waals surface area contributed by atoms with Gasteiger partial charge in [0.1, 0.15) is 5.78 Å². The van der Waals surface area contributed by atoms with Crippen molar-refractivity contribution in [1.82, 2.24) is 4.90 Å². The maximum atomic E-state index is 11.0. The highest BCUT2D eigenvalue weighted by Crippen LogP contribution is 2.13. The molecular formula is C7H10BrNO2. The molecule has 0 radical (unpaired) electrons. The Kier molecular flexibility index (Phi) is 2.65. The third-order valence-corrected chi connectivity index (χ3v) is 2.60. The van der Waals surface area contributed by atoms with Crippen molar-refractivity contribution >= 4 is 27.6 Å². The molecule has 0 unspecified atom stereocenters. The Bertz CT molecular complexity index is 193. The molecule has 0 saturated carbocycles. The van der Waals surface area contributed by atoms with E-state index >= 15 is 0 Å². The molecular weight excluding hydrogens is 210 g/mol. The Morgan fingerprint density at radius 1 is 1.73 bits per heavy atom. The summed E-state index contributed by atoms with van der Waals surface area (Å²) in [4.78, 5) is 23.4. The Hall–Kier alpha value is -0.380. The summed E-state index contributed by atoms with van der Waals surface area (Å²) in [5, 5.41) is 0. The normalized spacial score (nSPS) is 25.5. The number of alkyl halides is 1. The number of hydrogen-bond donors (Lipinski definition) is 0. The Morgan fingerprint density at radius 2 is 2.36 bits per heavy atom. The highest BCUT2D eigenvalue weighted by Gasteiger charge is 2.25. The number of ketones is 1. The van der Waals surface area contributed by atoms with E-state index < -0.39 is 0 Å².